The quantitative estimate of drug-likeness (QED) is 0.753. The van der Waals surface area contributed by atoms with Crippen LogP contribution in [0, 0.1) is 0 Å². The van der Waals surface area contributed by atoms with Crippen LogP contribution in [-0.2, 0) is 16.4 Å². The fraction of sp³-hybridized carbons (Fsp3) is 0.600. The number of benzene rings is 1. The Morgan fingerprint density at radius 2 is 2.19 bits per heavy atom. The standard InChI is InChI=1S/C15H22ClNO3S/c1-3-13-5-4-10-17(13)21(18,19)15-7-6-14(20-2)11-12(15)8-9-16/h6-7,11,13H,3-5,8-10H2,1-2H3. The Morgan fingerprint density at radius 1 is 1.43 bits per heavy atom. The molecule has 1 fully saturated rings. The van der Waals surface area contributed by atoms with Gasteiger partial charge in [0, 0.05) is 18.5 Å². The molecule has 4 nitrogen and oxygen atoms in total. The molecular formula is C15H22ClNO3S. The minimum atomic E-state index is -3.46. The summed E-state index contributed by atoms with van der Waals surface area (Å²) in [5.41, 5.74) is 0.728. The van der Waals surface area contributed by atoms with Crippen molar-refractivity contribution in [3.05, 3.63) is 23.8 Å². The average Bonchev–Trinajstić information content (AvgIpc) is 2.96. The van der Waals surface area contributed by atoms with Crippen LogP contribution < -0.4 is 4.74 Å². The lowest BCUT2D eigenvalue weighted by Crippen LogP contribution is -2.35. The highest BCUT2D eigenvalue weighted by atomic mass is 35.5. The summed E-state index contributed by atoms with van der Waals surface area (Å²) in [4.78, 5) is 0.365. The lowest BCUT2D eigenvalue weighted by Gasteiger charge is -2.24. The van der Waals surface area contributed by atoms with Crippen LogP contribution in [0.1, 0.15) is 31.7 Å². The number of rotatable bonds is 6. The Bertz CT molecular complexity index is 589. The zero-order valence-electron chi connectivity index (χ0n) is 12.5. The molecule has 1 atom stereocenters. The zero-order valence-corrected chi connectivity index (χ0v) is 14.1. The van der Waals surface area contributed by atoms with Crippen molar-refractivity contribution in [3.8, 4) is 5.75 Å². The number of ether oxygens (including phenoxy) is 1. The molecule has 0 saturated carbocycles. The minimum Gasteiger partial charge on any atom is -0.497 e. The van der Waals surface area contributed by atoms with E-state index in [1.165, 1.54) is 0 Å². The van der Waals surface area contributed by atoms with Crippen LogP contribution in [0.2, 0.25) is 0 Å². The van der Waals surface area contributed by atoms with Crippen molar-refractivity contribution in [2.24, 2.45) is 0 Å². The molecule has 1 saturated heterocycles. The van der Waals surface area contributed by atoms with E-state index in [1.54, 1.807) is 29.6 Å². The molecule has 1 heterocycles. The highest BCUT2D eigenvalue weighted by Gasteiger charge is 2.35. The predicted molar refractivity (Wildman–Crippen MR) is 84.6 cm³/mol. The summed E-state index contributed by atoms with van der Waals surface area (Å²) < 4.78 is 32.7. The van der Waals surface area contributed by atoms with Gasteiger partial charge in [-0.3, -0.25) is 0 Å². The second-order valence-corrected chi connectivity index (χ2v) is 7.47. The molecule has 118 valence electrons. The summed E-state index contributed by atoms with van der Waals surface area (Å²) in [6, 6.07) is 5.22. The fourth-order valence-corrected chi connectivity index (χ4v) is 5.10. The summed E-state index contributed by atoms with van der Waals surface area (Å²) >= 11 is 5.82. The Labute approximate surface area is 132 Å². The zero-order chi connectivity index (χ0) is 15.5. The molecule has 0 bridgehead atoms. The van der Waals surface area contributed by atoms with E-state index in [1.807, 2.05) is 6.92 Å². The van der Waals surface area contributed by atoms with Crippen LogP contribution in [0.25, 0.3) is 0 Å². The van der Waals surface area contributed by atoms with Crippen LogP contribution in [-0.4, -0.2) is 38.3 Å². The van der Waals surface area contributed by atoms with Crippen LogP contribution in [0.5, 0.6) is 5.75 Å². The molecule has 1 aliphatic rings. The van der Waals surface area contributed by atoms with Crippen molar-refractivity contribution in [1.29, 1.82) is 0 Å². The Morgan fingerprint density at radius 3 is 2.81 bits per heavy atom. The van der Waals surface area contributed by atoms with Crippen molar-refractivity contribution in [1.82, 2.24) is 4.31 Å². The van der Waals surface area contributed by atoms with E-state index in [-0.39, 0.29) is 6.04 Å². The van der Waals surface area contributed by atoms with Gasteiger partial charge >= 0.3 is 0 Å². The van der Waals surface area contributed by atoms with Crippen LogP contribution >= 0.6 is 11.6 Å². The van der Waals surface area contributed by atoms with E-state index in [0.717, 1.165) is 24.8 Å². The van der Waals surface area contributed by atoms with E-state index >= 15 is 0 Å². The van der Waals surface area contributed by atoms with E-state index in [2.05, 4.69) is 0 Å². The molecule has 0 aliphatic carbocycles. The lowest BCUT2D eigenvalue weighted by atomic mass is 10.1. The van der Waals surface area contributed by atoms with Crippen LogP contribution in [0.3, 0.4) is 0 Å². The van der Waals surface area contributed by atoms with Gasteiger partial charge in [-0.1, -0.05) is 6.92 Å². The molecule has 2 rings (SSSR count). The first kappa shape index (κ1) is 16.6. The Kier molecular flexibility index (Phi) is 5.52. The number of halogens is 1. The monoisotopic (exact) mass is 331 g/mol. The van der Waals surface area contributed by atoms with Gasteiger partial charge in [0.25, 0.3) is 0 Å². The van der Waals surface area contributed by atoms with Gasteiger partial charge in [0.2, 0.25) is 10.0 Å². The third-order valence-corrected chi connectivity index (χ3v) is 6.25. The smallest absolute Gasteiger partial charge is 0.243 e. The molecular weight excluding hydrogens is 310 g/mol. The summed E-state index contributed by atoms with van der Waals surface area (Å²) in [6.07, 6.45) is 3.23. The first-order valence-electron chi connectivity index (χ1n) is 7.29. The van der Waals surface area contributed by atoms with Crippen molar-refractivity contribution in [3.63, 3.8) is 0 Å². The first-order valence-corrected chi connectivity index (χ1v) is 9.26. The van der Waals surface area contributed by atoms with Gasteiger partial charge in [-0.15, -0.1) is 11.6 Å². The molecule has 1 unspecified atom stereocenters. The summed E-state index contributed by atoms with van der Waals surface area (Å²) in [7, 11) is -1.89. The number of sulfonamides is 1. The van der Waals surface area contributed by atoms with Crippen LogP contribution in [0.4, 0.5) is 0 Å². The number of alkyl halides is 1. The van der Waals surface area contributed by atoms with Crippen molar-refractivity contribution >= 4 is 21.6 Å². The molecule has 0 amide bonds. The van der Waals surface area contributed by atoms with E-state index in [0.29, 0.717) is 29.5 Å². The Hall–Kier alpha value is -0.780. The molecule has 21 heavy (non-hydrogen) atoms. The third-order valence-electron chi connectivity index (χ3n) is 4.01. The molecule has 6 heteroatoms. The van der Waals surface area contributed by atoms with Gasteiger partial charge < -0.3 is 4.74 Å². The van der Waals surface area contributed by atoms with Gasteiger partial charge in [-0.05, 0) is 49.4 Å². The number of hydrogen-bond donors (Lipinski definition) is 0. The maximum atomic E-state index is 12.9. The maximum absolute atomic E-state index is 12.9. The number of methoxy groups -OCH3 is 1. The molecule has 0 N–H and O–H groups in total. The van der Waals surface area contributed by atoms with E-state index in [9.17, 15) is 8.42 Å². The van der Waals surface area contributed by atoms with Crippen molar-refractivity contribution < 1.29 is 13.2 Å². The maximum Gasteiger partial charge on any atom is 0.243 e. The first-order chi connectivity index (χ1) is 10.0. The number of nitrogens with zero attached hydrogens (tertiary/aromatic N) is 1. The summed E-state index contributed by atoms with van der Waals surface area (Å²) in [5, 5.41) is 0. The van der Waals surface area contributed by atoms with Crippen molar-refractivity contribution in [2.75, 3.05) is 19.5 Å². The average molecular weight is 332 g/mol. The van der Waals surface area contributed by atoms with Gasteiger partial charge in [0.05, 0.1) is 12.0 Å². The number of aryl methyl sites for hydroxylation is 1. The number of hydrogen-bond acceptors (Lipinski definition) is 3. The van der Waals surface area contributed by atoms with Gasteiger partial charge in [-0.2, -0.15) is 4.31 Å². The minimum absolute atomic E-state index is 0.112. The highest BCUT2D eigenvalue weighted by Crippen LogP contribution is 2.31. The largest absolute Gasteiger partial charge is 0.497 e. The summed E-state index contributed by atoms with van der Waals surface area (Å²) in [6.45, 7) is 2.64. The molecule has 1 aromatic carbocycles. The van der Waals surface area contributed by atoms with E-state index < -0.39 is 10.0 Å². The van der Waals surface area contributed by atoms with Gasteiger partial charge in [0.15, 0.2) is 0 Å². The molecule has 1 aliphatic heterocycles. The fourth-order valence-electron chi connectivity index (χ4n) is 2.89. The van der Waals surface area contributed by atoms with E-state index in [4.69, 9.17) is 16.3 Å². The third kappa shape index (κ3) is 3.35. The topological polar surface area (TPSA) is 46.6 Å². The summed E-state index contributed by atoms with van der Waals surface area (Å²) in [5.74, 6) is 1.04. The highest BCUT2D eigenvalue weighted by molar-refractivity contribution is 7.89. The molecule has 0 radical (unpaired) electrons. The second kappa shape index (κ2) is 6.99. The molecule has 1 aromatic rings. The Balaban J connectivity index is 2.43. The lowest BCUT2D eigenvalue weighted by molar-refractivity contribution is 0.379. The molecule has 0 aromatic heterocycles. The molecule has 0 spiro atoms. The van der Waals surface area contributed by atoms with Gasteiger partial charge in [0.1, 0.15) is 5.75 Å². The predicted octanol–water partition coefficient (Wildman–Crippen LogP) is 3.04. The van der Waals surface area contributed by atoms with Crippen molar-refractivity contribution in [2.45, 2.75) is 43.5 Å². The van der Waals surface area contributed by atoms with Crippen LogP contribution in [0.15, 0.2) is 23.1 Å². The second-order valence-electron chi connectivity index (χ2n) is 5.23. The van der Waals surface area contributed by atoms with Gasteiger partial charge in [-0.25, -0.2) is 8.42 Å². The SMILES string of the molecule is CCC1CCCN1S(=O)(=O)c1ccc(OC)cc1CCCl. The normalized spacial score (nSPS) is 19.9.